The Bertz CT molecular complexity index is 558. The third kappa shape index (κ3) is 3.44. The van der Waals surface area contributed by atoms with Crippen molar-refractivity contribution in [3.8, 4) is 0 Å². The number of hydrogen-bond donors (Lipinski definition) is 1. The third-order valence-electron chi connectivity index (χ3n) is 3.30. The first-order chi connectivity index (χ1) is 9.08. The minimum atomic E-state index is 0.0936. The van der Waals surface area contributed by atoms with Crippen molar-refractivity contribution in [2.24, 2.45) is 7.05 Å². The zero-order valence-corrected chi connectivity index (χ0v) is 12.4. The van der Waals surface area contributed by atoms with Crippen LogP contribution in [0, 0.1) is 13.8 Å². The zero-order chi connectivity index (χ0) is 13.8. The van der Waals surface area contributed by atoms with Gasteiger partial charge in [0.25, 0.3) is 0 Å². The van der Waals surface area contributed by atoms with Crippen LogP contribution < -0.4 is 5.32 Å². The number of carbonyl (C=O) groups excluding carboxylic acids is 1. The van der Waals surface area contributed by atoms with Crippen molar-refractivity contribution in [3.63, 3.8) is 0 Å². The highest BCUT2D eigenvalue weighted by Gasteiger charge is 2.10. The summed E-state index contributed by atoms with van der Waals surface area (Å²) in [5.41, 5.74) is 3.21. The molecule has 19 heavy (non-hydrogen) atoms. The Kier molecular flexibility index (Phi) is 4.37. The molecule has 0 atom stereocenters. The fourth-order valence-corrected chi connectivity index (χ4v) is 2.75. The Morgan fingerprint density at radius 2 is 2.26 bits per heavy atom. The number of hydrogen-bond acceptors (Lipinski definition) is 3. The summed E-state index contributed by atoms with van der Waals surface area (Å²) < 4.78 is 1.85. The maximum atomic E-state index is 11.8. The van der Waals surface area contributed by atoms with Crippen molar-refractivity contribution in [1.82, 2.24) is 15.1 Å². The van der Waals surface area contributed by atoms with E-state index in [4.69, 9.17) is 0 Å². The largest absolute Gasteiger partial charge is 0.352 e. The molecule has 2 heterocycles. The number of amides is 1. The lowest BCUT2D eigenvalue weighted by atomic mass is 10.2. The van der Waals surface area contributed by atoms with Crippen LogP contribution in [0.2, 0.25) is 0 Å². The first kappa shape index (κ1) is 13.8. The summed E-state index contributed by atoms with van der Waals surface area (Å²) in [4.78, 5) is 13.1. The van der Waals surface area contributed by atoms with Crippen LogP contribution in [0.25, 0.3) is 0 Å². The molecular weight excluding hydrogens is 258 g/mol. The van der Waals surface area contributed by atoms with Gasteiger partial charge in [0.05, 0.1) is 5.69 Å². The molecule has 102 valence electrons. The molecule has 0 aliphatic rings. The fraction of sp³-hybridized carbons (Fsp3) is 0.429. The van der Waals surface area contributed by atoms with Crippen LogP contribution in [0.3, 0.4) is 0 Å². The average molecular weight is 277 g/mol. The monoisotopic (exact) mass is 277 g/mol. The Labute approximate surface area is 117 Å². The van der Waals surface area contributed by atoms with Gasteiger partial charge in [-0.15, -0.1) is 11.3 Å². The summed E-state index contributed by atoms with van der Waals surface area (Å²) in [5, 5.41) is 9.35. The maximum absolute atomic E-state index is 11.8. The lowest BCUT2D eigenvalue weighted by Gasteiger charge is -2.05. The van der Waals surface area contributed by atoms with E-state index < -0.39 is 0 Å². The molecule has 0 unspecified atom stereocenters. The van der Waals surface area contributed by atoms with Crippen molar-refractivity contribution < 1.29 is 4.79 Å². The van der Waals surface area contributed by atoms with Crippen molar-refractivity contribution in [1.29, 1.82) is 0 Å². The molecule has 0 fully saturated rings. The van der Waals surface area contributed by atoms with E-state index in [1.165, 1.54) is 4.88 Å². The molecule has 2 aromatic rings. The number of aryl methyl sites for hydroxylation is 3. The average Bonchev–Trinajstić information content (AvgIpc) is 2.96. The summed E-state index contributed by atoms with van der Waals surface area (Å²) in [7, 11) is 1.92. The molecule has 2 rings (SSSR count). The molecule has 0 bridgehead atoms. The first-order valence-electron chi connectivity index (χ1n) is 6.36. The highest BCUT2D eigenvalue weighted by molar-refractivity contribution is 7.09. The molecule has 0 saturated carbocycles. The van der Waals surface area contributed by atoms with Gasteiger partial charge in [0, 0.05) is 36.1 Å². The number of thiophene rings is 1. The van der Waals surface area contributed by atoms with Crippen molar-refractivity contribution in [3.05, 3.63) is 39.3 Å². The van der Waals surface area contributed by atoms with E-state index in [9.17, 15) is 4.79 Å². The Morgan fingerprint density at radius 1 is 1.47 bits per heavy atom. The van der Waals surface area contributed by atoms with Crippen LogP contribution in [-0.4, -0.2) is 15.7 Å². The molecule has 1 N–H and O–H groups in total. The van der Waals surface area contributed by atoms with Crippen LogP contribution in [0.5, 0.6) is 0 Å². The Hall–Kier alpha value is -1.62. The Balaban J connectivity index is 1.83. The minimum absolute atomic E-state index is 0.0936. The van der Waals surface area contributed by atoms with Crippen LogP contribution >= 0.6 is 11.3 Å². The summed E-state index contributed by atoms with van der Waals surface area (Å²) in [6.07, 6.45) is 1.35. The minimum Gasteiger partial charge on any atom is -0.352 e. The van der Waals surface area contributed by atoms with Crippen LogP contribution in [0.1, 0.15) is 28.2 Å². The molecule has 1 amide bonds. The van der Waals surface area contributed by atoms with Crippen LogP contribution in [-0.2, 0) is 24.8 Å². The molecule has 0 aromatic carbocycles. The van der Waals surface area contributed by atoms with Gasteiger partial charge in [-0.25, -0.2) is 0 Å². The van der Waals surface area contributed by atoms with Gasteiger partial charge in [-0.2, -0.15) is 5.10 Å². The summed E-state index contributed by atoms with van der Waals surface area (Å²) in [6, 6.07) is 4.08. The third-order valence-corrected chi connectivity index (χ3v) is 4.24. The van der Waals surface area contributed by atoms with E-state index in [-0.39, 0.29) is 5.91 Å². The predicted molar refractivity (Wildman–Crippen MR) is 77.2 cm³/mol. The summed E-state index contributed by atoms with van der Waals surface area (Å²) >= 11 is 1.69. The van der Waals surface area contributed by atoms with Gasteiger partial charge in [0.15, 0.2) is 0 Å². The number of nitrogens with zero attached hydrogens (tertiary/aromatic N) is 2. The normalized spacial score (nSPS) is 10.7. The SMILES string of the molecule is Cc1nn(C)c(C)c1CNC(=O)CCc1cccs1. The number of carbonyl (C=O) groups is 1. The predicted octanol–water partition coefficient (Wildman–Crippen LogP) is 2.35. The molecule has 0 radical (unpaired) electrons. The number of aromatic nitrogens is 2. The second kappa shape index (κ2) is 6.02. The van der Waals surface area contributed by atoms with Crippen molar-refractivity contribution >= 4 is 17.2 Å². The van der Waals surface area contributed by atoms with Gasteiger partial charge < -0.3 is 5.32 Å². The molecule has 0 spiro atoms. The van der Waals surface area contributed by atoms with Crippen molar-refractivity contribution in [2.45, 2.75) is 33.2 Å². The number of rotatable bonds is 5. The highest BCUT2D eigenvalue weighted by Crippen LogP contribution is 2.12. The maximum Gasteiger partial charge on any atom is 0.220 e. The topological polar surface area (TPSA) is 46.9 Å². The van der Waals surface area contributed by atoms with Gasteiger partial charge >= 0.3 is 0 Å². The summed E-state index contributed by atoms with van der Waals surface area (Å²) in [5.74, 6) is 0.0936. The van der Waals surface area contributed by atoms with Gasteiger partial charge in [-0.3, -0.25) is 9.48 Å². The molecule has 4 nitrogen and oxygen atoms in total. The number of nitrogens with one attached hydrogen (secondary N) is 1. The molecule has 0 aliphatic carbocycles. The fourth-order valence-electron chi connectivity index (χ4n) is 2.04. The standard InChI is InChI=1S/C14H19N3OS/c1-10-13(11(2)17(3)16-10)9-15-14(18)7-6-12-5-4-8-19-12/h4-5,8H,6-7,9H2,1-3H3,(H,15,18). The Morgan fingerprint density at radius 3 is 2.84 bits per heavy atom. The van der Waals surface area contributed by atoms with E-state index >= 15 is 0 Å². The van der Waals surface area contributed by atoms with Gasteiger partial charge in [-0.1, -0.05) is 6.07 Å². The van der Waals surface area contributed by atoms with Crippen LogP contribution in [0.15, 0.2) is 17.5 Å². The zero-order valence-electron chi connectivity index (χ0n) is 11.6. The second-order valence-electron chi connectivity index (χ2n) is 4.63. The van der Waals surface area contributed by atoms with Crippen LogP contribution in [0.4, 0.5) is 0 Å². The van der Waals surface area contributed by atoms with E-state index in [0.29, 0.717) is 13.0 Å². The molecule has 5 heteroatoms. The molecule has 0 aliphatic heterocycles. The first-order valence-corrected chi connectivity index (χ1v) is 7.24. The van der Waals surface area contributed by atoms with Gasteiger partial charge in [0.2, 0.25) is 5.91 Å². The molecule has 0 saturated heterocycles. The second-order valence-corrected chi connectivity index (χ2v) is 5.66. The quantitative estimate of drug-likeness (QED) is 0.912. The van der Waals surface area contributed by atoms with E-state index in [2.05, 4.69) is 16.5 Å². The van der Waals surface area contributed by atoms with E-state index in [0.717, 1.165) is 23.4 Å². The lowest BCUT2D eigenvalue weighted by molar-refractivity contribution is -0.121. The van der Waals surface area contributed by atoms with Gasteiger partial charge in [0.1, 0.15) is 0 Å². The van der Waals surface area contributed by atoms with Crippen molar-refractivity contribution in [2.75, 3.05) is 0 Å². The van der Waals surface area contributed by atoms with Gasteiger partial charge in [-0.05, 0) is 31.7 Å². The highest BCUT2D eigenvalue weighted by atomic mass is 32.1. The molecule has 2 aromatic heterocycles. The summed E-state index contributed by atoms with van der Waals surface area (Å²) in [6.45, 7) is 4.56. The smallest absolute Gasteiger partial charge is 0.220 e. The van der Waals surface area contributed by atoms with E-state index in [1.54, 1.807) is 11.3 Å². The lowest BCUT2D eigenvalue weighted by Crippen LogP contribution is -2.23. The molecular formula is C14H19N3OS. The van der Waals surface area contributed by atoms with E-state index in [1.807, 2.05) is 37.0 Å².